The van der Waals surface area contributed by atoms with Crippen molar-refractivity contribution in [2.24, 2.45) is 0 Å². The van der Waals surface area contributed by atoms with Crippen LogP contribution in [0.4, 0.5) is 0 Å². The summed E-state index contributed by atoms with van der Waals surface area (Å²) in [6.45, 7) is 4.70. The molecule has 0 fully saturated rings. The van der Waals surface area contributed by atoms with Crippen molar-refractivity contribution in [3.63, 3.8) is 0 Å². The minimum atomic E-state index is -2.00. The number of hydrogen-bond donors (Lipinski definition) is 0. The van der Waals surface area contributed by atoms with Gasteiger partial charge in [0.05, 0.1) is 0 Å². The van der Waals surface area contributed by atoms with Gasteiger partial charge in [0.2, 0.25) is 0 Å². The third-order valence-corrected chi connectivity index (χ3v) is 48.4. The molecule has 0 unspecified atom stereocenters. The van der Waals surface area contributed by atoms with E-state index in [2.05, 4.69) is 55.6 Å². The molecule has 0 radical (unpaired) electrons. The Hall–Kier alpha value is 1.81. The van der Waals surface area contributed by atoms with Crippen LogP contribution >= 0.6 is 0 Å². The average molecular weight is 838 g/mol. The van der Waals surface area contributed by atoms with Crippen LogP contribution in [0.2, 0.25) is 41.7 Å². The number of hydrogen-bond acceptors (Lipinski definition) is 0. The first-order chi connectivity index (χ1) is 16.5. The van der Waals surface area contributed by atoms with Gasteiger partial charge in [-0.25, -0.2) is 0 Å². The van der Waals surface area contributed by atoms with Gasteiger partial charge in [0.15, 0.2) is 0 Å². The Kier molecular flexibility index (Phi) is 12.5. The third kappa shape index (κ3) is 7.94. The van der Waals surface area contributed by atoms with E-state index in [0.717, 1.165) is 0 Å². The van der Waals surface area contributed by atoms with Crippen LogP contribution in [0.1, 0.15) is 90.9 Å². The van der Waals surface area contributed by atoms with Gasteiger partial charge in [-0.2, -0.15) is 0 Å². The van der Waals surface area contributed by atoms with Gasteiger partial charge in [-0.1, -0.05) is 0 Å². The van der Waals surface area contributed by atoms with Crippen molar-refractivity contribution in [1.82, 2.24) is 0 Å². The Morgan fingerprint density at radius 2 is 0.886 bits per heavy atom. The van der Waals surface area contributed by atoms with Crippen molar-refractivity contribution < 1.29 is 0 Å². The molecule has 0 N–H and O–H groups in total. The molecule has 0 atom stereocenters. The van der Waals surface area contributed by atoms with E-state index in [1.54, 1.807) is 12.1 Å². The molecule has 3 rings (SSSR count). The van der Waals surface area contributed by atoms with E-state index in [9.17, 15) is 0 Å². The molecule has 0 saturated carbocycles. The number of fused-ring (bicyclic) bond motifs is 3. The fourth-order valence-corrected chi connectivity index (χ4v) is 36.6. The van der Waals surface area contributed by atoms with E-state index < -0.39 is 44.8 Å². The van der Waals surface area contributed by atoms with E-state index in [-0.39, 0.29) is 0 Å². The van der Waals surface area contributed by atoms with Crippen LogP contribution in [0.15, 0.2) is 12.1 Å². The quantitative estimate of drug-likeness (QED) is 0.125. The maximum absolute atomic E-state index is 2.91. The van der Waals surface area contributed by atoms with Crippen molar-refractivity contribution in [1.29, 1.82) is 0 Å². The summed E-state index contributed by atoms with van der Waals surface area (Å²) in [5.41, 5.74) is 0. The second kappa shape index (κ2) is 13.9. The third-order valence-electron chi connectivity index (χ3n) is 8.09. The minimum absolute atomic E-state index is 0.680. The Morgan fingerprint density at radius 3 is 1.23 bits per heavy atom. The molecule has 2 aromatic heterocycles. The van der Waals surface area contributed by atoms with E-state index in [0.29, 0.717) is 29.0 Å². The first-order valence-corrected chi connectivity index (χ1v) is 40.7. The molecule has 0 saturated heterocycles. The first-order valence-electron chi connectivity index (χ1n) is 14.8. The van der Waals surface area contributed by atoms with Crippen LogP contribution < -0.4 is 15.3 Å². The monoisotopic (exact) mass is 842 g/mol. The normalized spacial score (nSPS) is 15.0. The summed E-state index contributed by atoms with van der Waals surface area (Å²) in [4.78, 5) is 16.1. The summed E-state index contributed by atoms with van der Waals surface area (Å²) in [6, 6.07) is 8.97. The first kappa shape index (κ1) is 31.3. The topological polar surface area (TPSA) is 0 Å². The van der Waals surface area contributed by atoms with Crippen molar-refractivity contribution in [2.45, 2.75) is 133 Å². The maximum atomic E-state index is 2.91. The summed E-state index contributed by atoms with van der Waals surface area (Å²) in [7, 11) is -1.57. The van der Waals surface area contributed by atoms with Crippen LogP contribution in [0.25, 0.3) is 8.87 Å². The molecule has 35 heavy (non-hydrogen) atoms. The van der Waals surface area contributed by atoms with Crippen molar-refractivity contribution >= 4 is 89.1 Å². The molecule has 0 bridgehead atoms. The van der Waals surface area contributed by atoms with Gasteiger partial charge in [-0.05, 0) is 0 Å². The van der Waals surface area contributed by atoms with E-state index in [1.165, 1.54) is 77.0 Å². The fraction of sp³-hybridized carbons (Fsp3) is 0.733. The summed E-state index contributed by atoms with van der Waals surface area (Å²) < 4.78 is 7.99. The molecule has 0 spiro atoms. The molecule has 1 aliphatic heterocycles. The van der Waals surface area contributed by atoms with Crippen molar-refractivity contribution in [3.8, 4) is 8.87 Å². The predicted octanol–water partition coefficient (Wildman–Crippen LogP) is 7.16. The van der Waals surface area contributed by atoms with Crippen LogP contribution in [0.3, 0.4) is 0 Å². The van der Waals surface area contributed by atoms with E-state index >= 15 is 0 Å². The van der Waals surface area contributed by atoms with Crippen LogP contribution in [-0.4, -0.2) is 73.8 Å². The summed E-state index contributed by atoms with van der Waals surface area (Å²) >= 11 is -2.64. The molecule has 3 heterocycles. The van der Waals surface area contributed by atoms with Gasteiger partial charge in [-0.15, -0.1) is 0 Å². The van der Waals surface area contributed by atoms with Gasteiger partial charge in [0.25, 0.3) is 0 Å². The molecule has 0 nitrogen and oxygen atoms in total. The standard InChI is InChI=1S/C24H36Se2Si.6CH3.2Sn/c1-3-5-7-9-11-13-19-27(20-14-12-10-8-6-4-2)21-15-17-25-23(21)24-22(27)16-18-26-24;;;;;;;;/h15-16H,3-14,19-20H2,1-2H3;6*1H3;;. The van der Waals surface area contributed by atoms with Gasteiger partial charge < -0.3 is 0 Å². The Morgan fingerprint density at radius 1 is 0.543 bits per heavy atom. The Labute approximate surface area is 240 Å². The summed E-state index contributed by atoms with van der Waals surface area (Å²) in [5.74, 6) is 0. The van der Waals surface area contributed by atoms with Gasteiger partial charge in [-0.3, -0.25) is 0 Å². The van der Waals surface area contributed by atoms with Gasteiger partial charge in [0.1, 0.15) is 0 Å². The van der Waals surface area contributed by atoms with Crippen molar-refractivity contribution in [3.05, 3.63) is 12.1 Å². The molecule has 0 aliphatic carbocycles. The predicted molar refractivity (Wildman–Crippen MR) is 173 cm³/mol. The zero-order valence-corrected chi connectivity index (χ0v) is 34.5. The number of rotatable bonds is 16. The second-order valence-corrected chi connectivity index (χ2v) is 55.4. The van der Waals surface area contributed by atoms with Gasteiger partial charge in [0, 0.05) is 0 Å². The molecule has 0 aromatic carbocycles. The zero-order valence-electron chi connectivity index (χ0n) is 24.4. The van der Waals surface area contributed by atoms with Crippen LogP contribution in [-0.2, 0) is 0 Å². The van der Waals surface area contributed by atoms with E-state index in [4.69, 9.17) is 0 Å². The summed E-state index contributed by atoms with van der Waals surface area (Å²) in [5, 5.41) is 4.04. The fourth-order valence-electron chi connectivity index (χ4n) is 5.79. The summed E-state index contributed by atoms with van der Waals surface area (Å²) in [6.07, 6.45) is 17.4. The van der Waals surface area contributed by atoms with Crippen LogP contribution in [0.5, 0.6) is 0 Å². The number of unbranched alkanes of at least 4 members (excludes halogenated alkanes) is 10. The molecule has 198 valence electrons. The Bertz CT molecular complexity index is 853. The molecule has 1 aliphatic rings. The van der Waals surface area contributed by atoms with Gasteiger partial charge >= 0.3 is 243 Å². The van der Waals surface area contributed by atoms with Crippen LogP contribution in [0, 0.1) is 0 Å². The average Bonchev–Trinajstić information content (AvgIpc) is 3.46. The molecule has 5 heteroatoms. The molecular formula is C30H54Se2SiSn2. The second-order valence-electron chi connectivity index (χ2n) is 13.3. The van der Waals surface area contributed by atoms with Crippen molar-refractivity contribution in [2.75, 3.05) is 0 Å². The van der Waals surface area contributed by atoms with E-state index in [1.807, 2.05) is 24.2 Å². The zero-order chi connectivity index (χ0) is 25.7. The molecular weight excluding hydrogens is 784 g/mol. The molecule has 0 amide bonds. The Balaban J connectivity index is 1.95. The SMILES string of the molecule is CCCCCCCC[Si]1(CCCCCCCC)c2c[c]([Sn]([CH3])([CH3])[CH3])[se]c2-c2[se][c]([Sn]([CH3])([CH3])[CH3])cc21. The molecule has 2 aromatic rings.